The highest BCUT2D eigenvalue weighted by Crippen LogP contribution is 2.65. The van der Waals surface area contributed by atoms with Crippen molar-refractivity contribution < 1.29 is 75.8 Å². The zero-order valence-electron chi connectivity index (χ0n) is 10.5. The third-order valence-electron chi connectivity index (χ3n) is 2.73. The van der Waals surface area contributed by atoms with E-state index in [2.05, 4.69) is 0 Å². The molecule has 0 amide bonds. The van der Waals surface area contributed by atoms with Crippen LogP contribution in [0.4, 0.5) is 65.9 Å². The topological polar surface area (TPSA) is 40.1 Å². The maximum absolute atomic E-state index is 13.5. The summed E-state index contributed by atoms with van der Waals surface area (Å²) < 4.78 is 188. The zero-order valence-corrected chi connectivity index (χ0v) is 10.5. The van der Waals surface area contributed by atoms with E-state index in [1.807, 2.05) is 0 Å². The van der Waals surface area contributed by atoms with Gasteiger partial charge < -0.3 is 9.90 Å². The third kappa shape index (κ3) is 2.74. The van der Waals surface area contributed by atoms with Crippen LogP contribution in [0.15, 0.2) is 0 Å². The predicted molar refractivity (Wildman–Crippen MR) is 40.7 cm³/mol. The van der Waals surface area contributed by atoms with Crippen LogP contribution in [0.2, 0.25) is 0 Å². The van der Waals surface area contributed by atoms with Crippen LogP contribution in [0.1, 0.15) is 0 Å². The van der Waals surface area contributed by atoms with Gasteiger partial charge in [-0.05, 0) is 0 Å². The standard InChI is InChI=1S/C8HF15O2/c9-2(10,1(24)25)5(13,14)3(11,6(15,16)17)4(12,7(18,19)20)8(21,22)23/h(H,24,25)/p-1. The number of carboxylic acids is 1. The van der Waals surface area contributed by atoms with Crippen LogP contribution in [0.3, 0.4) is 0 Å². The molecule has 0 N–H and O–H groups in total. The molecule has 150 valence electrons. The van der Waals surface area contributed by atoms with Gasteiger partial charge in [-0.1, -0.05) is 0 Å². The summed E-state index contributed by atoms with van der Waals surface area (Å²) in [6.45, 7) is 0. The van der Waals surface area contributed by atoms with Crippen molar-refractivity contribution in [3.63, 3.8) is 0 Å². The van der Waals surface area contributed by atoms with E-state index in [0.29, 0.717) is 0 Å². The van der Waals surface area contributed by atoms with E-state index >= 15 is 0 Å². The van der Waals surface area contributed by atoms with Gasteiger partial charge in [0.2, 0.25) is 0 Å². The first kappa shape index (κ1) is 23.4. The lowest BCUT2D eigenvalue weighted by Crippen LogP contribution is -2.81. The quantitative estimate of drug-likeness (QED) is 0.665. The Morgan fingerprint density at radius 1 is 0.520 bits per heavy atom. The molecule has 25 heavy (non-hydrogen) atoms. The molecule has 0 saturated carbocycles. The van der Waals surface area contributed by atoms with Gasteiger partial charge in [-0.25, -0.2) is 8.78 Å². The molecule has 17 heteroatoms. The number of carbonyl (C=O) groups excluding carboxylic acids is 1. The molecule has 2 nitrogen and oxygen atoms in total. The molecule has 0 radical (unpaired) electrons. The normalized spacial score (nSPS) is 18.0. The fourth-order valence-electron chi connectivity index (χ4n) is 1.49. The van der Waals surface area contributed by atoms with Crippen LogP contribution in [0.25, 0.3) is 0 Å². The van der Waals surface area contributed by atoms with Crippen molar-refractivity contribution in [2.75, 3.05) is 0 Å². The fourth-order valence-corrected chi connectivity index (χ4v) is 1.49. The second-order valence-corrected chi connectivity index (χ2v) is 4.25. The zero-order chi connectivity index (χ0) is 21.1. The first-order chi connectivity index (χ1) is 10.4. The molecule has 0 saturated heterocycles. The predicted octanol–water partition coefficient (Wildman–Crippen LogP) is 3.11. The van der Waals surface area contributed by atoms with Gasteiger partial charge in [0.1, 0.15) is 5.97 Å². The first-order valence-corrected chi connectivity index (χ1v) is 4.99. The number of alkyl halides is 15. The van der Waals surface area contributed by atoms with E-state index < -0.39 is 47.7 Å². The smallest absolute Gasteiger partial charge is 0.435 e. The molecule has 0 spiro atoms. The van der Waals surface area contributed by atoms with Crippen molar-refractivity contribution >= 4 is 5.97 Å². The van der Waals surface area contributed by atoms with Gasteiger partial charge >= 0.3 is 41.7 Å². The molecule has 0 aliphatic rings. The van der Waals surface area contributed by atoms with Crippen LogP contribution in [-0.4, -0.2) is 47.7 Å². The maximum atomic E-state index is 13.5. The van der Waals surface area contributed by atoms with E-state index in [1.165, 1.54) is 0 Å². The number of halogens is 15. The van der Waals surface area contributed by atoms with Crippen molar-refractivity contribution in [1.29, 1.82) is 0 Å². The van der Waals surface area contributed by atoms with E-state index in [4.69, 9.17) is 0 Å². The highest BCUT2D eigenvalue weighted by atomic mass is 19.4. The third-order valence-corrected chi connectivity index (χ3v) is 2.73. The lowest BCUT2D eigenvalue weighted by molar-refractivity contribution is -0.465. The Labute approximate surface area is 125 Å². The Balaban J connectivity index is 7.32. The minimum absolute atomic E-state index is 4.70. The van der Waals surface area contributed by atoms with Crippen LogP contribution in [-0.2, 0) is 4.79 Å². The Morgan fingerprint density at radius 3 is 0.920 bits per heavy atom. The van der Waals surface area contributed by atoms with Crippen molar-refractivity contribution in [2.24, 2.45) is 0 Å². The molecule has 0 aromatic heterocycles. The monoisotopic (exact) mass is 413 g/mol. The highest BCUT2D eigenvalue weighted by molar-refractivity contribution is 5.75. The summed E-state index contributed by atoms with van der Waals surface area (Å²) in [5.41, 5.74) is -17.5. The molecule has 0 rings (SSSR count). The van der Waals surface area contributed by atoms with Gasteiger partial charge in [0.25, 0.3) is 0 Å². The minimum Gasteiger partial charge on any atom is -0.544 e. The molecule has 0 fully saturated rings. The van der Waals surface area contributed by atoms with Crippen LogP contribution in [0, 0.1) is 0 Å². The van der Waals surface area contributed by atoms with Gasteiger partial charge in [0.15, 0.2) is 0 Å². The summed E-state index contributed by atoms with van der Waals surface area (Å²) in [5, 5.41) is 9.71. The Hall–Kier alpha value is -1.58. The fraction of sp³-hybridized carbons (Fsp3) is 0.875. The van der Waals surface area contributed by atoms with E-state index in [1.54, 1.807) is 0 Å². The molecule has 0 heterocycles. The van der Waals surface area contributed by atoms with Crippen LogP contribution in [0.5, 0.6) is 0 Å². The van der Waals surface area contributed by atoms with Gasteiger partial charge in [-0.2, -0.15) is 57.1 Å². The summed E-state index contributed by atoms with van der Waals surface area (Å²) in [6, 6.07) is 0. The highest BCUT2D eigenvalue weighted by Gasteiger charge is 2.98. The summed E-state index contributed by atoms with van der Waals surface area (Å²) in [7, 11) is 0. The Bertz CT molecular complexity index is 511. The molecule has 0 aliphatic carbocycles. The molecule has 0 aliphatic heterocycles. The second-order valence-electron chi connectivity index (χ2n) is 4.25. The SMILES string of the molecule is O=C([O-])C(F)(F)C(F)(F)C(F)(C(F)(F)F)C(F)(C(F)(F)F)C(F)(F)F. The molecule has 1 atom stereocenters. The summed E-state index contributed by atoms with van der Waals surface area (Å²) in [6.07, 6.45) is -24.8. The minimum atomic E-state index is -8.80. The largest absolute Gasteiger partial charge is 0.544 e. The maximum Gasteiger partial charge on any atom is 0.435 e. The van der Waals surface area contributed by atoms with E-state index in [-0.39, 0.29) is 0 Å². The second kappa shape index (κ2) is 5.46. The molecular weight excluding hydrogens is 413 g/mol. The van der Waals surface area contributed by atoms with Crippen molar-refractivity contribution in [3.8, 4) is 0 Å². The van der Waals surface area contributed by atoms with E-state index in [9.17, 15) is 75.8 Å². The average molecular weight is 413 g/mol. The van der Waals surface area contributed by atoms with Gasteiger partial charge in [-0.3, -0.25) is 0 Å². The molecular formula is C8F15O2-. The number of carboxylic acid groups (broad SMARTS) is 1. The number of hydrogen-bond acceptors (Lipinski definition) is 2. The van der Waals surface area contributed by atoms with Gasteiger partial charge in [-0.15, -0.1) is 0 Å². The van der Waals surface area contributed by atoms with Gasteiger partial charge in [0.05, 0.1) is 0 Å². The molecule has 0 bridgehead atoms. The molecule has 0 aromatic carbocycles. The average Bonchev–Trinajstić information content (AvgIpc) is 2.31. The Kier molecular flexibility index (Phi) is 5.11. The first-order valence-electron chi connectivity index (χ1n) is 4.99. The summed E-state index contributed by atoms with van der Waals surface area (Å²) >= 11 is 0. The number of carbonyl (C=O) groups is 1. The number of aliphatic carboxylic acids is 1. The van der Waals surface area contributed by atoms with Crippen LogP contribution >= 0.6 is 0 Å². The summed E-state index contributed by atoms with van der Waals surface area (Å²) in [5.74, 6) is -20.8. The van der Waals surface area contributed by atoms with Crippen molar-refractivity contribution in [3.05, 3.63) is 0 Å². The van der Waals surface area contributed by atoms with Crippen molar-refractivity contribution in [1.82, 2.24) is 0 Å². The molecule has 0 aromatic rings. The summed E-state index contributed by atoms with van der Waals surface area (Å²) in [4.78, 5) is 9.71. The number of hydrogen-bond donors (Lipinski definition) is 0. The number of rotatable bonds is 4. The van der Waals surface area contributed by atoms with Crippen molar-refractivity contribution in [2.45, 2.75) is 41.7 Å². The van der Waals surface area contributed by atoms with Crippen LogP contribution < -0.4 is 5.11 Å². The lowest BCUT2D eigenvalue weighted by atomic mass is 9.76. The Morgan fingerprint density at radius 2 is 0.760 bits per heavy atom. The van der Waals surface area contributed by atoms with Gasteiger partial charge in [0, 0.05) is 0 Å². The molecule has 1 unspecified atom stereocenters. The lowest BCUT2D eigenvalue weighted by Gasteiger charge is -2.46. The van der Waals surface area contributed by atoms with E-state index in [0.717, 1.165) is 0 Å².